The Morgan fingerprint density at radius 3 is 2.50 bits per heavy atom. The van der Waals surface area contributed by atoms with Crippen LogP contribution in [-0.4, -0.2) is 27.9 Å². The number of anilines is 1. The van der Waals surface area contributed by atoms with Crippen LogP contribution in [0.15, 0.2) is 66.1 Å². The number of rotatable bonds is 6. The van der Waals surface area contributed by atoms with Gasteiger partial charge in [0.15, 0.2) is 0 Å². The number of nitrogens with one attached hydrogen (secondary N) is 1. The van der Waals surface area contributed by atoms with Gasteiger partial charge < -0.3 is 5.32 Å². The van der Waals surface area contributed by atoms with E-state index in [1.165, 1.54) is 23.5 Å². The van der Waals surface area contributed by atoms with Crippen molar-refractivity contribution in [1.29, 1.82) is 0 Å². The molecule has 0 heterocycles. The number of carbonyl (C=O) groups excluding carboxylic acids is 1. The number of benzene rings is 2. The van der Waals surface area contributed by atoms with Gasteiger partial charge in [0.1, 0.15) is 0 Å². The number of nitrogens with zero attached hydrogens (tertiary/aromatic N) is 1. The third-order valence-electron chi connectivity index (χ3n) is 3.56. The van der Waals surface area contributed by atoms with Crippen LogP contribution >= 0.6 is 0 Å². The number of aryl methyl sites for hydroxylation is 1. The van der Waals surface area contributed by atoms with Gasteiger partial charge in [0.05, 0.1) is 10.6 Å². The normalized spacial score (nSPS) is 10.9. The Hall–Kier alpha value is -2.60. The second kappa shape index (κ2) is 7.31. The second-order valence-corrected chi connectivity index (χ2v) is 7.30. The molecule has 2 aromatic rings. The van der Waals surface area contributed by atoms with Crippen molar-refractivity contribution < 1.29 is 13.2 Å². The highest BCUT2D eigenvalue weighted by atomic mass is 32.2. The molecular formula is C18H20N2O3S. The van der Waals surface area contributed by atoms with E-state index in [0.717, 1.165) is 5.56 Å². The number of amides is 1. The molecule has 0 aliphatic heterocycles. The maximum absolute atomic E-state index is 12.8. The van der Waals surface area contributed by atoms with Crippen molar-refractivity contribution in [2.75, 3.05) is 17.9 Å². The van der Waals surface area contributed by atoms with Crippen molar-refractivity contribution in [2.24, 2.45) is 0 Å². The molecule has 24 heavy (non-hydrogen) atoms. The molecule has 0 saturated heterocycles. The number of carbonyl (C=O) groups is 1. The molecule has 6 heteroatoms. The molecule has 0 bridgehead atoms. The predicted octanol–water partition coefficient (Wildman–Crippen LogP) is 2.74. The first-order valence-corrected chi connectivity index (χ1v) is 8.85. The fraction of sp³-hybridized carbons (Fsp3) is 0.167. The van der Waals surface area contributed by atoms with Gasteiger partial charge in [-0.3, -0.25) is 9.10 Å². The zero-order chi connectivity index (χ0) is 17.7. The molecule has 0 spiro atoms. The molecule has 0 aromatic heterocycles. The Morgan fingerprint density at radius 2 is 1.88 bits per heavy atom. The summed E-state index contributed by atoms with van der Waals surface area (Å²) in [5.74, 6) is -0.343. The lowest BCUT2D eigenvalue weighted by atomic mass is 10.2. The molecule has 126 valence electrons. The topological polar surface area (TPSA) is 66.5 Å². The zero-order valence-electron chi connectivity index (χ0n) is 13.7. The lowest BCUT2D eigenvalue weighted by Gasteiger charge is -2.20. The van der Waals surface area contributed by atoms with E-state index >= 15 is 0 Å². The van der Waals surface area contributed by atoms with Gasteiger partial charge in [0.2, 0.25) is 0 Å². The van der Waals surface area contributed by atoms with Crippen molar-refractivity contribution in [3.05, 3.63) is 72.3 Å². The fourth-order valence-corrected chi connectivity index (χ4v) is 3.36. The minimum atomic E-state index is -3.75. The highest BCUT2D eigenvalue weighted by Gasteiger charge is 2.22. The summed E-state index contributed by atoms with van der Waals surface area (Å²) >= 11 is 0. The summed E-state index contributed by atoms with van der Waals surface area (Å²) < 4.78 is 26.8. The Bertz CT molecular complexity index is 843. The SMILES string of the molecule is C=CCNC(=O)c1cccc(S(=O)(=O)N(C)c2ccc(C)cc2)c1. The molecule has 0 aliphatic carbocycles. The lowest BCUT2D eigenvalue weighted by Crippen LogP contribution is -2.27. The Kier molecular flexibility index (Phi) is 5.41. The van der Waals surface area contributed by atoms with Crippen LogP contribution in [0.1, 0.15) is 15.9 Å². The van der Waals surface area contributed by atoms with Gasteiger partial charge in [-0.1, -0.05) is 29.8 Å². The molecule has 0 fully saturated rings. The molecule has 0 radical (unpaired) electrons. The van der Waals surface area contributed by atoms with Crippen LogP contribution in [0.25, 0.3) is 0 Å². The monoisotopic (exact) mass is 344 g/mol. The van der Waals surface area contributed by atoms with E-state index in [9.17, 15) is 13.2 Å². The average molecular weight is 344 g/mol. The maximum atomic E-state index is 12.8. The van der Waals surface area contributed by atoms with Gasteiger partial charge in [-0.2, -0.15) is 0 Å². The standard InChI is InChI=1S/C18H20N2O3S/c1-4-12-19-18(21)15-6-5-7-17(13-15)24(22,23)20(3)16-10-8-14(2)9-11-16/h4-11,13H,1,12H2,2-3H3,(H,19,21). The molecule has 2 rings (SSSR count). The Balaban J connectivity index is 2.33. The predicted molar refractivity (Wildman–Crippen MR) is 95.7 cm³/mol. The van der Waals surface area contributed by atoms with E-state index in [1.54, 1.807) is 30.3 Å². The fourth-order valence-electron chi connectivity index (χ4n) is 2.12. The minimum absolute atomic E-state index is 0.0665. The Morgan fingerprint density at radius 1 is 1.21 bits per heavy atom. The van der Waals surface area contributed by atoms with Gasteiger partial charge in [-0.05, 0) is 37.3 Å². The van der Waals surface area contributed by atoms with Crippen LogP contribution in [0.5, 0.6) is 0 Å². The molecule has 0 saturated carbocycles. The van der Waals surface area contributed by atoms with Crippen LogP contribution in [-0.2, 0) is 10.0 Å². The van der Waals surface area contributed by atoms with Gasteiger partial charge >= 0.3 is 0 Å². The summed E-state index contributed by atoms with van der Waals surface area (Å²) in [5, 5.41) is 2.63. The Labute approximate surface area is 142 Å². The van der Waals surface area contributed by atoms with Crippen molar-refractivity contribution in [3.63, 3.8) is 0 Å². The summed E-state index contributed by atoms with van der Waals surface area (Å²) in [6.07, 6.45) is 1.56. The third kappa shape index (κ3) is 3.83. The van der Waals surface area contributed by atoms with E-state index < -0.39 is 10.0 Å². The van der Waals surface area contributed by atoms with Crippen LogP contribution < -0.4 is 9.62 Å². The van der Waals surface area contributed by atoms with Gasteiger partial charge in [0.25, 0.3) is 15.9 Å². The lowest BCUT2D eigenvalue weighted by molar-refractivity contribution is 0.0958. The second-order valence-electron chi connectivity index (χ2n) is 5.33. The maximum Gasteiger partial charge on any atom is 0.264 e. The highest BCUT2D eigenvalue weighted by Crippen LogP contribution is 2.23. The molecule has 0 unspecified atom stereocenters. The first kappa shape index (κ1) is 17.7. The summed E-state index contributed by atoms with van der Waals surface area (Å²) in [5.41, 5.74) is 1.89. The van der Waals surface area contributed by atoms with E-state index in [1.807, 2.05) is 19.1 Å². The van der Waals surface area contributed by atoms with Gasteiger partial charge in [0, 0.05) is 19.2 Å². The zero-order valence-corrected chi connectivity index (χ0v) is 14.5. The molecule has 0 aliphatic rings. The third-order valence-corrected chi connectivity index (χ3v) is 5.34. The van der Waals surface area contributed by atoms with Gasteiger partial charge in [-0.25, -0.2) is 8.42 Å². The summed E-state index contributed by atoms with van der Waals surface area (Å²) in [4.78, 5) is 12.1. The number of hydrogen-bond donors (Lipinski definition) is 1. The quantitative estimate of drug-likeness (QED) is 0.820. The van der Waals surface area contributed by atoms with Crippen molar-refractivity contribution >= 4 is 21.6 Å². The van der Waals surface area contributed by atoms with Crippen LogP contribution in [0.3, 0.4) is 0 Å². The average Bonchev–Trinajstić information content (AvgIpc) is 2.59. The first-order valence-electron chi connectivity index (χ1n) is 7.41. The smallest absolute Gasteiger partial charge is 0.264 e. The minimum Gasteiger partial charge on any atom is -0.349 e. The summed E-state index contributed by atoms with van der Waals surface area (Å²) in [6.45, 7) is 5.78. The largest absolute Gasteiger partial charge is 0.349 e. The number of hydrogen-bond acceptors (Lipinski definition) is 3. The van der Waals surface area contributed by atoms with Gasteiger partial charge in [-0.15, -0.1) is 6.58 Å². The van der Waals surface area contributed by atoms with E-state index in [-0.39, 0.29) is 16.4 Å². The summed E-state index contributed by atoms with van der Waals surface area (Å²) in [7, 11) is -2.26. The van der Waals surface area contributed by atoms with E-state index in [4.69, 9.17) is 0 Å². The highest BCUT2D eigenvalue weighted by molar-refractivity contribution is 7.92. The molecular weight excluding hydrogens is 324 g/mol. The molecule has 1 amide bonds. The van der Waals surface area contributed by atoms with Crippen molar-refractivity contribution in [3.8, 4) is 0 Å². The van der Waals surface area contributed by atoms with Crippen molar-refractivity contribution in [2.45, 2.75) is 11.8 Å². The molecule has 5 nitrogen and oxygen atoms in total. The van der Waals surface area contributed by atoms with E-state index in [2.05, 4.69) is 11.9 Å². The van der Waals surface area contributed by atoms with Crippen molar-refractivity contribution in [1.82, 2.24) is 5.32 Å². The first-order chi connectivity index (χ1) is 11.4. The van der Waals surface area contributed by atoms with E-state index in [0.29, 0.717) is 12.2 Å². The van der Waals surface area contributed by atoms with Crippen LogP contribution in [0.4, 0.5) is 5.69 Å². The number of sulfonamides is 1. The molecule has 0 atom stereocenters. The van der Waals surface area contributed by atoms with Crippen LogP contribution in [0, 0.1) is 6.92 Å². The molecule has 2 aromatic carbocycles. The van der Waals surface area contributed by atoms with Crippen LogP contribution in [0.2, 0.25) is 0 Å². The summed E-state index contributed by atoms with van der Waals surface area (Å²) in [6, 6.07) is 13.2. The molecule has 1 N–H and O–H groups in total.